The van der Waals surface area contributed by atoms with Crippen molar-refractivity contribution in [3.05, 3.63) is 65.2 Å². The number of alkyl halides is 3. The number of nitrogens with one attached hydrogen (secondary N) is 1. The molecule has 10 heteroatoms. The van der Waals surface area contributed by atoms with Gasteiger partial charge in [-0.2, -0.15) is 13.2 Å². The summed E-state index contributed by atoms with van der Waals surface area (Å²) < 4.78 is 49.0. The second kappa shape index (κ2) is 11.0. The van der Waals surface area contributed by atoms with Crippen LogP contribution in [0.2, 0.25) is 0 Å². The molecular weight excluding hydrogens is 453 g/mol. The monoisotopic (exact) mass is 478 g/mol. The number of hydrogen-bond donors (Lipinski definition) is 1. The van der Waals surface area contributed by atoms with Crippen molar-refractivity contribution < 1.29 is 37.0 Å². The number of likely N-dealkylation sites (tertiary alicyclic amines) is 1. The van der Waals surface area contributed by atoms with Gasteiger partial charge in [-0.05, 0) is 62.1 Å². The third-order valence-electron chi connectivity index (χ3n) is 5.49. The van der Waals surface area contributed by atoms with Crippen molar-refractivity contribution in [2.24, 2.45) is 5.92 Å². The number of halogens is 3. The number of ether oxygens (including phenoxy) is 2. The number of benzene rings is 2. The van der Waals surface area contributed by atoms with Gasteiger partial charge in [0.05, 0.1) is 17.7 Å². The molecule has 0 unspecified atom stereocenters. The summed E-state index contributed by atoms with van der Waals surface area (Å²) in [6.07, 6.45) is -4.21. The van der Waals surface area contributed by atoms with Gasteiger partial charge in [0.2, 0.25) is 0 Å². The Kier molecular flexibility index (Phi) is 8.14. The Labute approximate surface area is 194 Å². The maximum atomic E-state index is 13.1. The van der Waals surface area contributed by atoms with Gasteiger partial charge in [-0.1, -0.05) is 12.1 Å². The average Bonchev–Trinajstić information content (AvgIpc) is 2.82. The highest BCUT2D eigenvalue weighted by molar-refractivity contribution is 5.96. The molecule has 34 heavy (non-hydrogen) atoms. The SMILES string of the molecule is CCOC(=O)Oc1ccc(C(=O)N2CCC(CNC(=O)c3ccccc3C(F)(F)F)CC2)cc1. The summed E-state index contributed by atoms with van der Waals surface area (Å²) in [5.41, 5.74) is -0.934. The van der Waals surface area contributed by atoms with Gasteiger partial charge in [-0.3, -0.25) is 9.59 Å². The lowest BCUT2D eigenvalue weighted by Crippen LogP contribution is -2.41. The average molecular weight is 478 g/mol. The molecule has 182 valence electrons. The molecule has 1 heterocycles. The smallest absolute Gasteiger partial charge is 0.434 e. The van der Waals surface area contributed by atoms with Gasteiger partial charge >= 0.3 is 12.3 Å². The zero-order valence-electron chi connectivity index (χ0n) is 18.6. The minimum Gasteiger partial charge on any atom is -0.434 e. The van der Waals surface area contributed by atoms with E-state index < -0.39 is 29.4 Å². The van der Waals surface area contributed by atoms with E-state index >= 15 is 0 Å². The highest BCUT2D eigenvalue weighted by Gasteiger charge is 2.35. The van der Waals surface area contributed by atoms with Crippen LogP contribution in [0.5, 0.6) is 5.75 Å². The number of carbonyl (C=O) groups is 3. The Hall–Kier alpha value is -3.56. The molecule has 1 N–H and O–H groups in total. The molecule has 3 rings (SSSR count). The standard InChI is InChI=1S/C24H25F3N2O5/c1-2-33-23(32)34-18-9-7-17(8-10-18)22(31)29-13-11-16(12-14-29)15-28-21(30)19-5-3-4-6-20(19)24(25,26)27/h3-10,16H,2,11-15H2,1H3,(H,28,30). The maximum absolute atomic E-state index is 13.1. The predicted molar refractivity (Wildman–Crippen MR) is 116 cm³/mol. The molecule has 2 amide bonds. The third kappa shape index (κ3) is 6.49. The lowest BCUT2D eigenvalue weighted by atomic mass is 9.96. The predicted octanol–water partition coefficient (Wildman–Crippen LogP) is 4.52. The van der Waals surface area contributed by atoms with E-state index in [1.54, 1.807) is 24.0 Å². The molecule has 0 aliphatic carbocycles. The van der Waals surface area contributed by atoms with Crippen molar-refractivity contribution in [3.63, 3.8) is 0 Å². The first-order valence-corrected chi connectivity index (χ1v) is 10.9. The molecule has 0 saturated carbocycles. The van der Waals surface area contributed by atoms with Gasteiger partial charge in [-0.15, -0.1) is 0 Å². The molecule has 2 aromatic rings. The zero-order valence-corrected chi connectivity index (χ0v) is 18.6. The first-order valence-electron chi connectivity index (χ1n) is 10.9. The lowest BCUT2D eigenvalue weighted by Gasteiger charge is -2.32. The van der Waals surface area contributed by atoms with Crippen LogP contribution in [0.25, 0.3) is 0 Å². The Morgan fingerprint density at radius 1 is 1.03 bits per heavy atom. The number of piperidine rings is 1. The minimum atomic E-state index is -4.61. The minimum absolute atomic E-state index is 0.0476. The fourth-order valence-corrected chi connectivity index (χ4v) is 3.69. The van der Waals surface area contributed by atoms with Gasteiger partial charge in [-0.25, -0.2) is 4.79 Å². The molecule has 1 aliphatic heterocycles. The van der Waals surface area contributed by atoms with Crippen molar-refractivity contribution in [1.82, 2.24) is 10.2 Å². The summed E-state index contributed by atoms with van der Waals surface area (Å²) in [5, 5.41) is 2.59. The Bertz CT molecular complexity index is 1020. The van der Waals surface area contributed by atoms with Gasteiger partial charge in [0.1, 0.15) is 5.75 Å². The summed E-state index contributed by atoms with van der Waals surface area (Å²) in [6.45, 7) is 3.00. The van der Waals surface area contributed by atoms with E-state index in [1.807, 2.05) is 0 Å². The van der Waals surface area contributed by atoms with E-state index in [1.165, 1.54) is 24.3 Å². The quantitative estimate of drug-likeness (QED) is 0.487. The Morgan fingerprint density at radius 3 is 2.29 bits per heavy atom. The molecule has 2 aromatic carbocycles. The number of rotatable bonds is 6. The number of carbonyl (C=O) groups excluding carboxylic acids is 3. The largest absolute Gasteiger partial charge is 0.513 e. The summed E-state index contributed by atoms with van der Waals surface area (Å²) in [6, 6.07) is 10.8. The van der Waals surface area contributed by atoms with Gasteiger partial charge < -0.3 is 19.7 Å². The van der Waals surface area contributed by atoms with Crippen LogP contribution in [-0.2, 0) is 10.9 Å². The molecule has 7 nitrogen and oxygen atoms in total. The second-order valence-corrected chi connectivity index (χ2v) is 7.80. The number of hydrogen-bond acceptors (Lipinski definition) is 5. The fraction of sp³-hybridized carbons (Fsp3) is 0.375. The van der Waals surface area contributed by atoms with Crippen LogP contribution in [-0.4, -0.2) is 49.1 Å². The van der Waals surface area contributed by atoms with E-state index in [4.69, 9.17) is 9.47 Å². The van der Waals surface area contributed by atoms with Crippen LogP contribution in [0.4, 0.5) is 18.0 Å². The molecule has 1 fully saturated rings. The highest BCUT2D eigenvalue weighted by atomic mass is 19.4. The van der Waals surface area contributed by atoms with Crippen LogP contribution in [0.3, 0.4) is 0 Å². The first kappa shape index (κ1) is 25.1. The molecule has 0 radical (unpaired) electrons. The van der Waals surface area contributed by atoms with Gasteiger partial charge in [0.15, 0.2) is 0 Å². The Morgan fingerprint density at radius 2 is 1.68 bits per heavy atom. The van der Waals surface area contributed by atoms with Gasteiger partial charge in [0.25, 0.3) is 11.8 Å². The molecule has 1 aliphatic rings. The highest BCUT2D eigenvalue weighted by Crippen LogP contribution is 2.31. The summed E-state index contributed by atoms with van der Waals surface area (Å²) in [4.78, 5) is 38.1. The van der Waals surface area contributed by atoms with Crippen LogP contribution in [0.1, 0.15) is 46.0 Å². The van der Waals surface area contributed by atoms with E-state index in [-0.39, 0.29) is 30.7 Å². The zero-order chi connectivity index (χ0) is 24.7. The second-order valence-electron chi connectivity index (χ2n) is 7.80. The molecule has 0 atom stereocenters. The van der Waals surface area contributed by atoms with Crippen molar-refractivity contribution in [1.29, 1.82) is 0 Å². The normalized spacial score (nSPS) is 14.4. The molecule has 1 saturated heterocycles. The van der Waals surface area contributed by atoms with E-state index in [0.717, 1.165) is 12.1 Å². The lowest BCUT2D eigenvalue weighted by molar-refractivity contribution is -0.137. The van der Waals surface area contributed by atoms with Crippen molar-refractivity contribution >= 4 is 18.0 Å². The van der Waals surface area contributed by atoms with E-state index in [0.29, 0.717) is 31.5 Å². The Balaban J connectivity index is 1.49. The molecule has 0 aromatic heterocycles. The van der Waals surface area contributed by atoms with Crippen molar-refractivity contribution in [2.45, 2.75) is 25.9 Å². The van der Waals surface area contributed by atoms with Crippen LogP contribution >= 0.6 is 0 Å². The third-order valence-corrected chi connectivity index (χ3v) is 5.49. The van der Waals surface area contributed by atoms with Crippen molar-refractivity contribution in [3.8, 4) is 5.75 Å². The molecule has 0 bridgehead atoms. The van der Waals surface area contributed by atoms with Crippen LogP contribution in [0, 0.1) is 5.92 Å². The molecule has 0 spiro atoms. The van der Waals surface area contributed by atoms with E-state index in [2.05, 4.69) is 5.32 Å². The summed E-state index contributed by atoms with van der Waals surface area (Å²) in [7, 11) is 0. The van der Waals surface area contributed by atoms with Crippen LogP contribution < -0.4 is 10.1 Å². The van der Waals surface area contributed by atoms with E-state index in [9.17, 15) is 27.6 Å². The van der Waals surface area contributed by atoms with Crippen LogP contribution in [0.15, 0.2) is 48.5 Å². The first-order chi connectivity index (χ1) is 16.2. The number of nitrogens with zero attached hydrogens (tertiary/aromatic N) is 1. The number of amides is 2. The summed E-state index contributed by atoms with van der Waals surface area (Å²) >= 11 is 0. The summed E-state index contributed by atoms with van der Waals surface area (Å²) in [5.74, 6) is -0.635. The van der Waals surface area contributed by atoms with Crippen molar-refractivity contribution in [2.75, 3.05) is 26.2 Å². The topological polar surface area (TPSA) is 84.9 Å². The maximum Gasteiger partial charge on any atom is 0.513 e. The molecular formula is C24H25F3N2O5. The van der Waals surface area contributed by atoms with Gasteiger partial charge in [0, 0.05) is 25.2 Å². The fourth-order valence-electron chi connectivity index (χ4n) is 3.69.